The first-order valence-corrected chi connectivity index (χ1v) is 7.24. The molecule has 0 saturated carbocycles. The lowest BCUT2D eigenvalue weighted by Crippen LogP contribution is -2.09. The first kappa shape index (κ1) is 13.9. The fourth-order valence-electron chi connectivity index (χ4n) is 2.46. The molecule has 3 aromatic carbocycles. The maximum Gasteiger partial charge on any atom is 0.0669 e. The Kier molecular flexibility index (Phi) is 4.17. The van der Waals surface area contributed by atoms with E-state index >= 15 is 0 Å². The Balaban J connectivity index is 2.04. The van der Waals surface area contributed by atoms with Gasteiger partial charge in [0.15, 0.2) is 0 Å². The van der Waals surface area contributed by atoms with Crippen molar-refractivity contribution in [1.82, 2.24) is 0 Å². The summed E-state index contributed by atoms with van der Waals surface area (Å²) in [5, 5.41) is 8.79. The minimum atomic E-state index is 0.441. The van der Waals surface area contributed by atoms with Gasteiger partial charge in [0.05, 0.1) is 12.5 Å². The number of hydrogen-bond acceptors (Lipinski definition) is 2. The third-order valence-electron chi connectivity index (χ3n) is 3.51. The van der Waals surface area contributed by atoms with E-state index < -0.39 is 0 Å². The molecule has 2 heteroatoms. The predicted octanol–water partition coefficient (Wildman–Crippen LogP) is 5.22. The van der Waals surface area contributed by atoms with Gasteiger partial charge >= 0.3 is 0 Å². The Morgan fingerprint density at radius 3 is 1.55 bits per heavy atom. The topological polar surface area (TPSA) is 27.0 Å². The molecule has 0 heterocycles. The van der Waals surface area contributed by atoms with E-state index in [0.717, 1.165) is 22.6 Å². The molecule has 0 saturated heterocycles. The zero-order valence-corrected chi connectivity index (χ0v) is 12.2. The molecule has 0 bridgehead atoms. The summed E-state index contributed by atoms with van der Waals surface area (Å²) in [6.45, 7) is 0. The fourth-order valence-corrected chi connectivity index (χ4v) is 2.46. The van der Waals surface area contributed by atoms with Crippen LogP contribution in [-0.4, -0.2) is 0 Å². The third kappa shape index (κ3) is 2.99. The number of benzene rings is 3. The Bertz CT molecular complexity index is 717. The third-order valence-corrected chi connectivity index (χ3v) is 3.51. The molecular weight excluding hydrogens is 268 g/mol. The largest absolute Gasteiger partial charge is 0.311 e. The van der Waals surface area contributed by atoms with E-state index in [1.807, 2.05) is 48.5 Å². The molecule has 0 unspecified atom stereocenters. The summed E-state index contributed by atoms with van der Waals surface area (Å²) in [4.78, 5) is 2.20. The summed E-state index contributed by atoms with van der Waals surface area (Å²) in [5.74, 6) is 0. The monoisotopic (exact) mass is 284 g/mol. The Morgan fingerprint density at radius 1 is 0.636 bits per heavy atom. The van der Waals surface area contributed by atoms with Gasteiger partial charge in [-0.15, -0.1) is 0 Å². The van der Waals surface area contributed by atoms with E-state index in [0.29, 0.717) is 6.42 Å². The van der Waals surface area contributed by atoms with Crippen LogP contribution in [0, 0.1) is 11.3 Å². The molecule has 0 radical (unpaired) electrons. The Labute approximate surface area is 130 Å². The van der Waals surface area contributed by atoms with Gasteiger partial charge in [-0.3, -0.25) is 0 Å². The predicted molar refractivity (Wildman–Crippen MR) is 90.4 cm³/mol. The molecule has 3 aromatic rings. The number of rotatable bonds is 4. The van der Waals surface area contributed by atoms with Crippen molar-refractivity contribution >= 4 is 17.1 Å². The zero-order valence-electron chi connectivity index (χ0n) is 12.2. The second kappa shape index (κ2) is 6.60. The van der Waals surface area contributed by atoms with Crippen LogP contribution in [0.4, 0.5) is 17.1 Å². The maximum atomic E-state index is 8.79. The normalized spacial score (nSPS) is 9.95. The van der Waals surface area contributed by atoms with E-state index in [1.165, 1.54) is 0 Å². The molecule has 0 spiro atoms. The average molecular weight is 284 g/mol. The molecular formula is C20H16N2. The number of hydrogen-bond donors (Lipinski definition) is 0. The van der Waals surface area contributed by atoms with Crippen molar-refractivity contribution in [2.75, 3.05) is 4.90 Å². The summed E-state index contributed by atoms with van der Waals surface area (Å²) < 4.78 is 0. The molecule has 0 aliphatic rings. The van der Waals surface area contributed by atoms with Crippen LogP contribution in [0.3, 0.4) is 0 Å². The Hall–Kier alpha value is -3.05. The summed E-state index contributed by atoms with van der Waals surface area (Å²) in [5.41, 5.74) is 4.34. The van der Waals surface area contributed by atoms with Gasteiger partial charge in [0.25, 0.3) is 0 Å². The van der Waals surface area contributed by atoms with Gasteiger partial charge in [-0.25, -0.2) is 0 Å². The van der Waals surface area contributed by atoms with Crippen LogP contribution in [0.5, 0.6) is 0 Å². The van der Waals surface area contributed by atoms with Gasteiger partial charge in [-0.2, -0.15) is 5.26 Å². The molecule has 0 aliphatic heterocycles. The van der Waals surface area contributed by atoms with Gasteiger partial charge in [0.2, 0.25) is 0 Å². The van der Waals surface area contributed by atoms with Crippen molar-refractivity contribution < 1.29 is 0 Å². The lowest BCUT2D eigenvalue weighted by molar-refractivity contribution is 1.24. The molecule has 0 aliphatic carbocycles. The lowest BCUT2D eigenvalue weighted by atomic mass is 10.1. The minimum absolute atomic E-state index is 0.441. The summed E-state index contributed by atoms with van der Waals surface area (Å²) >= 11 is 0. The summed E-state index contributed by atoms with van der Waals surface area (Å²) in [6, 6.07) is 30.9. The average Bonchev–Trinajstić information content (AvgIpc) is 2.59. The molecule has 0 N–H and O–H groups in total. The van der Waals surface area contributed by atoms with Gasteiger partial charge < -0.3 is 4.90 Å². The first-order valence-electron chi connectivity index (χ1n) is 7.24. The quantitative estimate of drug-likeness (QED) is 0.656. The van der Waals surface area contributed by atoms with E-state index in [2.05, 4.69) is 47.4 Å². The Morgan fingerprint density at radius 2 is 1.09 bits per heavy atom. The highest BCUT2D eigenvalue weighted by atomic mass is 15.1. The van der Waals surface area contributed by atoms with Gasteiger partial charge in [0, 0.05) is 17.1 Å². The van der Waals surface area contributed by atoms with Crippen molar-refractivity contribution in [3.63, 3.8) is 0 Å². The molecule has 0 atom stereocenters. The molecule has 0 aromatic heterocycles. The van der Waals surface area contributed by atoms with Crippen molar-refractivity contribution in [1.29, 1.82) is 5.26 Å². The molecule has 106 valence electrons. The van der Waals surface area contributed by atoms with Crippen molar-refractivity contribution in [3.05, 3.63) is 90.5 Å². The van der Waals surface area contributed by atoms with Gasteiger partial charge in [-0.1, -0.05) is 48.5 Å². The van der Waals surface area contributed by atoms with Crippen molar-refractivity contribution in [2.24, 2.45) is 0 Å². The van der Waals surface area contributed by atoms with Crippen LogP contribution < -0.4 is 4.90 Å². The molecule has 2 nitrogen and oxygen atoms in total. The zero-order chi connectivity index (χ0) is 15.2. The SMILES string of the molecule is N#CCc1ccc(N(c2ccccc2)c2ccccc2)cc1. The van der Waals surface area contributed by atoms with Crippen LogP contribution >= 0.6 is 0 Å². The molecule has 3 rings (SSSR count). The second-order valence-electron chi connectivity index (χ2n) is 5.01. The summed E-state index contributed by atoms with van der Waals surface area (Å²) in [6.07, 6.45) is 0.441. The van der Waals surface area contributed by atoms with Gasteiger partial charge in [0.1, 0.15) is 0 Å². The van der Waals surface area contributed by atoms with E-state index in [9.17, 15) is 0 Å². The standard InChI is InChI=1S/C20H16N2/c21-16-15-17-11-13-20(14-12-17)22(18-7-3-1-4-8-18)19-9-5-2-6-10-19/h1-14H,15H2. The van der Waals surface area contributed by atoms with Crippen LogP contribution in [0.15, 0.2) is 84.9 Å². The van der Waals surface area contributed by atoms with Gasteiger partial charge in [-0.05, 0) is 42.0 Å². The maximum absolute atomic E-state index is 8.79. The van der Waals surface area contributed by atoms with E-state index in [-0.39, 0.29) is 0 Å². The second-order valence-corrected chi connectivity index (χ2v) is 5.01. The van der Waals surface area contributed by atoms with Crippen LogP contribution in [-0.2, 0) is 6.42 Å². The summed E-state index contributed by atoms with van der Waals surface area (Å²) in [7, 11) is 0. The number of nitrogens with zero attached hydrogens (tertiary/aromatic N) is 2. The highest BCUT2D eigenvalue weighted by molar-refractivity contribution is 5.76. The fraction of sp³-hybridized carbons (Fsp3) is 0.0500. The molecule has 22 heavy (non-hydrogen) atoms. The smallest absolute Gasteiger partial charge is 0.0669 e. The van der Waals surface area contributed by atoms with Crippen molar-refractivity contribution in [2.45, 2.75) is 6.42 Å². The molecule has 0 fully saturated rings. The molecule has 0 amide bonds. The van der Waals surface area contributed by atoms with Crippen LogP contribution in [0.1, 0.15) is 5.56 Å². The van der Waals surface area contributed by atoms with E-state index in [4.69, 9.17) is 5.26 Å². The van der Waals surface area contributed by atoms with Crippen molar-refractivity contribution in [3.8, 4) is 6.07 Å². The highest BCUT2D eigenvalue weighted by Gasteiger charge is 2.11. The number of nitriles is 1. The van der Waals surface area contributed by atoms with Crippen LogP contribution in [0.2, 0.25) is 0 Å². The van der Waals surface area contributed by atoms with E-state index in [1.54, 1.807) is 0 Å². The first-order chi connectivity index (χ1) is 10.9. The highest BCUT2D eigenvalue weighted by Crippen LogP contribution is 2.33. The minimum Gasteiger partial charge on any atom is -0.311 e. The van der Waals surface area contributed by atoms with Crippen LogP contribution in [0.25, 0.3) is 0 Å². The number of anilines is 3. The lowest BCUT2D eigenvalue weighted by Gasteiger charge is -2.25. The number of para-hydroxylation sites is 2.